The summed E-state index contributed by atoms with van der Waals surface area (Å²) in [5.74, 6) is 0.126. The minimum Gasteiger partial charge on any atom is -0.451 e. The van der Waals surface area contributed by atoms with Crippen LogP contribution in [-0.4, -0.2) is 10.9 Å². The average Bonchev–Trinajstić information content (AvgIpc) is 3.36. The Hall–Kier alpha value is -3.44. The van der Waals surface area contributed by atoms with E-state index >= 15 is 0 Å². The van der Waals surface area contributed by atoms with Gasteiger partial charge in [0.15, 0.2) is 10.9 Å². The second-order valence-electron chi connectivity index (χ2n) is 7.43. The zero-order valence-electron chi connectivity index (χ0n) is 16.8. The Bertz CT molecular complexity index is 1300. The molecule has 3 aromatic carbocycles. The third kappa shape index (κ3) is 3.37. The number of aryl methyl sites for hydroxylation is 2. The van der Waals surface area contributed by atoms with Gasteiger partial charge in [-0.15, -0.1) is 0 Å². The van der Waals surface area contributed by atoms with Gasteiger partial charge in [-0.1, -0.05) is 59.9 Å². The number of amides is 1. The Kier molecular flexibility index (Phi) is 4.60. The summed E-state index contributed by atoms with van der Waals surface area (Å²) in [6, 6.07) is 23.6. The molecule has 5 heteroatoms. The molecule has 0 spiro atoms. The predicted octanol–water partition coefficient (Wildman–Crippen LogP) is 6.51. The largest absolute Gasteiger partial charge is 0.451 e. The van der Waals surface area contributed by atoms with Crippen LogP contribution in [0.4, 0.5) is 5.13 Å². The van der Waals surface area contributed by atoms with E-state index in [2.05, 4.69) is 26.0 Å². The highest BCUT2D eigenvalue weighted by Crippen LogP contribution is 2.33. The van der Waals surface area contributed by atoms with Gasteiger partial charge in [-0.25, -0.2) is 4.98 Å². The van der Waals surface area contributed by atoms with Crippen LogP contribution in [0.2, 0.25) is 0 Å². The van der Waals surface area contributed by atoms with Crippen molar-refractivity contribution in [2.45, 2.75) is 20.4 Å². The smallest absolute Gasteiger partial charge is 0.296 e. The number of rotatable bonds is 4. The van der Waals surface area contributed by atoms with E-state index in [0.29, 0.717) is 23.0 Å². The van der Waals surface area contributed by atoms with Crippen molar-refractivity contribution in [1.82, 2.24) is 4.98 Å². The molecule has 2 aromatic heterocycles. The molecular formula is C25H20N2O2S. The first-order valence-electron chi connectivity index (χ1n) is 9.80. The van der Waals surface area contributed by atoms with Crippen LogP contribution in [0.1, 0.15) is 27.2 Å². The Morgan fingerprint density at radius 3 is 2.50 bits per heavy atom. The maximum absolute atomic E-state index is 13.5. The zero-order valence-corrected chi connectivity index (χ0v) is 17.6. The summed E-state index contributed by atoms with van der Waals surface area (Å²) in [6.45, 7) is 4.60. The molecule has 148 valence electrons. The maximum atomic E-state index is 13.5. The number of para-hydroxylation sites is 1. The first-order chi connectivity index (χ1) is 14.6. The number of benzene rings is 3. The van der Waals surface area contributed by atoms with Gasteiger partial charge in [-0.3, -0.25) is 9.69 Å². The number of carbonyl (C=O) groups is 1. The number of furan rings is 1. The Morgan fingerprint density at radius 1 is 0.967 bits per heavy atom. The van der Waals surface area contributed by atoms with Crippen molar-refractivity contribution < 1.29 is 9.21 Å². The van der Waals surface area contributed by atoms with Gasteiger partial charge in [-0.2, -0.15) is 0 Å². The standard InChI is InChI=1S/C25H20N2O2S/c1-16-12-20-23(13-17(16)2)30-25(26-20)27(15-18-8-4-3-5-9-18)24(28)22-14-19-10-6-7-11-21(19)29-22/h3-14H,15H2,1-2H3. The fourth-order valence-electron chi connectivity index (χ4n) is 3.50. The second-order valence-corrected chi connectivity index (χ2v) is 8.44. The van der Waals surface area contributed by atoms with Crippen LogP contribution in [-0.2, 0) is 6.54 Å². The Labute approximate surface area is 178 Å². The molecule has 5 aromatic rings. The fraction of sp³-hybridized carbons (Fsp3) is 0.120. The number of nitrogens with zero attached hydrogens (tertiary/aromatic N) is 2. The van der Waals surface area contributed by atoms with Crippen molar-refractivity contribution in [1.29, 1.82) is 0 Å². The molecule has 0 unspecified atom stereocenters. The van der Waals surface area contributed by atoms with Gasteiger partial charge >= 0.3 is 0 Å². The van der Waals surface area contributed by atoms with Crippen LogP contribution in [0.3, 0.4) is 0 Å². The minimum absolute atomic E-state index is 0.192. The normalized spacial score (nSPS) is 11.3. The van der Waals surface area contributed by atoms with Crippen LogP contribution < -0.4 is 4.90 Å². The first-order valence-corrected chi connectivity index (χ1v) is 10.6. The van der Waals surface area contributed by atoms with Gasteiger partial charge in [0.05, 0.1) is 16.8 Å². The van der Waals surface area contributed by atoms with Crippen LogP contribution in [0.15, 0.2) is 77.2 Å². The lowest BCUT2D eigenvalue weighted by molar-refractivity contribution is 0.0960. The van der Waals surface area contributed by atoms with E-state index in [4.69, 9.17) is 9.40 Å². The number of aromatic nitrogens is 1. The van der Waals surface area contributed by atoms with Crippen molar-refractivity contribution in [2.75, 3.05) is 4.90 Å². The summed E-state index contributed by atoms with van der Waals surface area (Å²) in [4.78, 5) is 20.0. The lowest BCUT2D eigenvalue weighted by atomic mass is 10.1. The van der Waals surface area contributed by atoms with Gasteiger partial charge in [0.2, 0.25) is 0 Å². The minimum atomic E-state index is -0.192. The lowest BCUT2D eigenvalue weighted by Gasteiger charge is -2.18. The predicted molar refractivity (Wildman–Crippen MR) is 122 cm³/mol. The number of fused-ring (bicyclic) bond motifs is 2. The van der Waals surface area contributed by atoms with E-state index in [1.54, 1.807) is 11.0 Å². The second kappa shape index (κ2) is 7.43. The Balaban J connectivity index is 1.60. The quantitative estimate of drug-likeness (QED) is 0.338. The molecule has 30 heavy (non-hydrogen) atoms. The molecule has 2 heterocycles. The fourth-order valence-corrected chi connectivity index (χ4v) is 4.54. The SMILES string of the molecule is Cc1cc2nc(N(Cc3ccccc3)C(=O)c3cc4ccccc4o3)sc2cc1C. The van der Waals surface area contributed by atoms with E-state index in [-0.39, 0.29) is 5.91 Å². The summed E-state index contributed by atoms with van der Waals surface area (Å²) in [5, 5.41) is 1.58. The van der Waals surface area contributed by atoms with Gasteiger partial charge in [-0.05, 0) is 54.8 Å². The highest BCUT2D eigenvalue weighted by molar-refractivity contribution is 7.22. The van der Waals surface area contributed by atoms with E-state index in [0.717, 1.165) is 21.2 Å². The summed E-state index contributed by atoms with van der Waals surface area (Å²) in [7, 11) is 0. The molecule has 0 aliphatic carbocycles. The van der Waals surface area contributed by atoms with E-state index < -0.39 is 0 Å². The Morgan fingerprint density at radius 2 is 1.70 bits per heavy atom. The molecule has 1 amide bonds. The van der Waals surface area contributed by atoms with Crippen LogP contribution >= 0.6 is 11.3 Å². The number of carbonyl (C=O) groups excluding carboxylic acids is 1. The number of hydrogen-bond donors (Lipinski definition) is 0. The molecular weight excluding hydrogens is 392 g/mol. The maximum Gasteiger partial charge on any atom is 0.296 e. The van der Waals surface area contributed by atoms with E-state index in [1.807, 2.05) is 54.6 Å². The van der Waals surface area contributed by atoms with Gasteiger partial charge in [0, 0.05) is 5.39 Å². The molecule has 0 atom stereocenters. The molecule has 0 bridgehead atoms. The lowest BCUT2D eigenvalue weighted by Crippen LogP contribution is -2.30. The average molecular weight is 413 g/mol. The molecule has 0 saturated carbocycles. The van der Waals surface area contributed by atoms with Crippen LogP contribution in [0.25, 0.3) is 21.2 Å². The molecule has 4 nitrogen and oxygen atoms in total. The van der Waals surface area contributed by atoms with Crippen molar-refractivity contribution >= 4 is 43.6 Å². The monoisotopic (exact) mass is 412 g/mol. The summed E-state index contributed by atoms with van der Waals surface area (Å²) < 4.78 is 6.94. The number of hydrogen-bond acceptors (Lipinski definition) is 4. The highest BCUT2D eigenvalue weighted by Gasteiger charge is 2.25. The van der Waals surface area contributed by atoms with Gasteiger partial charge in [0.1, 0.15) is 5.58 Å². The van der Waals surface area contributed by atoms with Crippen molar-refractivity contribution in [3.05, 3.63) is 95.2 Å². The van der Waals surface area contributed by atoms with Crippen molar-refractivity contribution in [3.8, 4) is 0 Å². The zero-order chi connectivity index (χ0) is 20.7. The summed E-state index contributed by atoms with van der Waals surface area (Å²) in [6.07, 6.45) is 0. The molecule has 0 N–H and O–H groups in total. The summed E-state index contributed by atoms with van der Waals surface area (Å²) >= 11 is 1.53. The van der Waals surface area contributed by atoms with Crippen LogP contribution in [0.5, 0.6) is 0 Å². The van der Waals surface area contributed by atoms with E-state index in [1.165, 1.54) is 22.5 Å². The molecule has 0 radical (unpaired) electrons. The third-order valence-electron chi connectivity index (χ3n) is 5.29. The molecule has 5 rings (SSSR count). The van der Waals surface area contributed by atoms with Crippen molar-refractivity contribution in [2.24, 2.45) is 0 Å². The number of thiazole rings is 1. The third-order valence-corrected chi connectivity index (χ3v) is 6.33. The topological polar surface area (TPSA) is 46.3 Å². The molecule has 0 fully saturated rings. The van der Waals surface area contributed by atoms with Crippen molar-refractivity contribution in [3.63, 3.8) is 0 Å². The van der Waals surface area contributed by atoms with E-state index in [9.17, 15) is 4.79 Å². The number of anilines is 1. The molecule has 0 aliphatic rings. The van der Waals surface area contributed by atoms with Gasteiger partial charge < -0.3 is 4.42 Å². The van der Waals surface area contributed by atoms with Crippen LogP contribution in [0, 0.1) is 13.8 Å². The molecule has 0 saturated heterocycles. The molecule has 0 aliphatic heterocycles. The highest BCUT2D eigenvalue weighted by atomic mass is 32.1. The summed E-state index contributed by atoms with van der Waals surface area (Å²) in [5.41, 5.74) is 5.06. The first kappa shape index (κ1) is 18.6. The van der Waals surface area contributed by atoms with Gasteiger partial charge in [0.25, 0.3) is 5.91 Å².